The number of rotatable bonds is 8. The first-order valence-corrected chi connectivity index (χ1v) is 13.3. The topological polar surface area (TPSA) is 90.1 Å². The molecule has 0 spiro atoms. The molecule has 1 aromatic carbocycles. The molecule has 0 aliphatic heterocycles. The molecule has 38 heavy (non-hydrogen) atoms. The Morgan fingerprint density at radius 3 is 2.32 bits per heavy atom. The molecule has 3 N–H and O–H groups in total. The van der Waals surface area contributed by atoms with Gasteiger partial charge in [0.2, 0.25) is 0 Å². The summed E-state index contributed by atoms with van der Waals surface area (Å²) in [6, 6.07) is 7.16. The molecule has 0 fully saturated rings. The van der Waals surface area contributed by atoms with Crippen molar-refractivity contribution in [3.8, 4) is 23.3 Å². The molecule has 0 amide bonds. The molecule has 0 saturated carbocycles. The van der Waals surface area contributed by atoms with Crippen LogP contribution in [0, 0.1) is 35.5 Å². The Balaban J connectivity index is 0.000000559. The van der Waals surface area contributed by atoms with E-state index in [1.807, 2.05) is 39.0 Å². The summed E-state index contributed by atoms with van der Waals surface area (Å²) in [7, 11) is 1.62. The summed E-state index contributed by atoms with van der Waals surface area (Å²) in [6.45, 7) is 16.2. The number of aromatic hydroxyl groups is 1. The van der Waals surface area contributed by atoms with Crippen LogP contribution in [-0.4, -0.2) is 29.1 Å². The molecule has 5 nitrogen and oxygen atoms in total. The van der Waals surface area contributed by atoms with Gasteiger partial charge >= 0.3 is 0 Å². The second-order valence-corrected chi connectivity index (χ2v) is 9.23. The highest BCUT2D eigenvalue weighted by atomic mass is 16.5. The number of nitrogens with zero attached hydrogens (tertiary/aromatic N) is 1. The smallest absolute Gasteiger partial charge is 0.125 e. The molecule has 2 aromatic rings. The van der Waals surface area contributed by atoms with Crippen molar-refractivity contribution in [2.75, 3.05) is 7.11 Å². The monoisotopic (exact) mass is 517 g/mol. The first-order chi connectivity index (χ1) is 18.1. The van der Waals surface area contributed by atoms with Crippen LogP contribution in [0.25, 0.3) is 5.57 Å². The van der Waals surface area contributed by atoms with E-state index in [0.717, 1.165) is 58.5 Å². The van der Waals surface area contributed by atoms with E-state index >= 15 is 0 Å². The van der Waals surface area contributed by atoms with Gasteiger partial charge in [0.15, 0.2) is 0 Å². The first kappa shape index (κ1) is 34.4. The van der Waals surface area contributed by atoms with Gasteiger partial charge in [0.25, 0.3) is 0 Å². The van der Waals surface area contributed by atoms with E-state index in [4.69, 9.17) is 20.7 Å². The highest BCUT2D eigenvalue weighted by molar-refractivity contribution is 6.09. The maximum atomic E-state index is 9.16. The maximum Gasteiger partial charge on any atom is 0.125 e. The Morgan fingerprint density at radius 1 is 1.16 bits per heavy atom. The second-order valence-electron chi connectivity index (χ2n) is 9.23. The lowest BCUT2D eigenvalue weighted by molar-refractivity contribution is 0.402. The van der Waals surface area contributed by atoms with Gasteiger partial charge in [-0.2, -0.15) is 0 Å². The van der Waals surface area contributed by atoms with Crippen LogP contribution in [0.1, 0.15) is 90.1 Å². The van der Waals surface area contributed by atoms with Gasteiger partial charge in [0.1, 0.15) is 11.5 Å². The van der Waals surface area contributed by atoms with Crippen LogP contribution in [-0.2, 0) is 6.42 Å². The van der Waals surface area contributed by atoms with E-state index < -0.39 is 0 Å². The SMILES string of the molecule is CC(=N)c1cnc(C(C=N)=C(C)C)cc1C.CCC#C/C=C\C(C)CC.CCCc1ccc(O)cc1OC. The predicted octanol–water partition coefficient (Wildman–Crippen LogP) is 8.58. The van der Waals surface area contributed by atoms with Gasteiger partial charge in [-0.1, -0.05) is 70.1 Å². The summed E-state index contributed by atoms with van der Waals surface area (Å²) in [6.07, 6.45) is 11.4. The summed E-state index contributed by atoms with van der Waals surface area (Å²) in [5.74, 6) is 7.66. The zero-order chi connectivity index (χ0) is 29.1. The molecule has 5 heteroatoms. The number of aryl methyl sites for hydroxylation is 2. The van der Waals surface area contributed by atoms with Crippen molar-refractivity contribution < 1.29 is 9.84 Å². The number of pyridine rings is 1. The summed E-state index contributed by atoms with van der Waals surface area (Å²) in [5, 5.41) is 24.1. The Morgan fingerprint density at radius 2 is 1.84 bits per heavy atom. The second kappa shape index (κ2) is 19.5. The molecular formula is C33H47N3O2. The molecule has 2 rings (SSSR count). The largest absolute Gasteiger partial charge is 0.508 e. The number of hydrogen-bond acceptors (Lipinski definition) is 5. The molecule has 206 valence electrons. The highest BCUT2D eigenvalue weighted by Gasteiger charge is 2.07. The maximum absolute atomic E-state index is 9.16. The number of ether oxygens (including phenoxy) is 1. The molecule has 0 saturated heterocycles. The predicted molar refractivity (Wildman–Crippen MR) is 164 cm³/mol. The van der Waals surface area contributed by atoms with Crippen molar-refractivity contribution in [1.82, 2.24) is 4.98 Å². The molecule has 1 heterocycles. The average Bonchev–Trinajstić information content (AvgIpc) is 2.88. The zero-order valence-corrected chi connectivity index (χ0v) is 24.8. The van der Waals surface area contributed by atoms with Crippen LogP contribution in [0.4, 0.5) is 0 Å². The normalized spacial score (nSPS) is 10.6. The number of phenols is 1. The van der Waals surface area contributed by atoms with Crippen molar-refractivity contribution in [3.05, 3.63) is 70.6 Å². The fourth-order valence-corrected chi connectivity index (χ4v) is 3.29. The Bertz CT molecular complexity index is 1150. The van der Waals surface area contributed by atoms with Crippen LogP contribution in [0.5, 0.6) is 11.5 Å². The fraction of sp³-hybridized carbons (Fsp3) is 0.424. The van der Waals surface area contributed by atoms with Crippen molar-refractivity contribution in [3.63, 3.8) is 0 Å². The summed E-state index contributed by atoms with van der Waals surface area (Å²) in [5.41, 5.74) is 6.28. The third-order valence-electron chi connectivity index (χ3n) is 5.69. The van der Waals surface area contributed by atoms with Crippen LogP contribution in [0.3, 0.4) is 0 Å². The van der Waals surface area contributed by atoms with Gasteiger partial charge in [0.05, 0.1) is 12.8 Å². The lowest BCUT2D eigenvalue weighted by atomic mass is 10.0. The standard InChI is InChI=1S/C13H17N3.C10H14O2.C10H16/c1-8(2)11(6-14)13-5-9(3)12(7-16-13)10(4)15;1-3-4-8-5-6-9(11)7-10(8)12-2;1-4-6-7-8-9-10(3)5-2/h5-7,14-15H,1-4H3;5-7,11H,3-4H2,1-2H3;8-10H,4-5H2,1-3H3/b;;9-8-. The number of nitrogens with one attached hydrogen (secondary N) is 2. The van der Waals surface area contributed by atoms with E-state index in [-0.39, 0.29) is 5.75 Å². The van der Waals surface area contributed by atoms with Crippen molar-refractivity contribution in [2.24, 2.45) is 5.92 Å². The van der Waals surface area contributed by atoms with Gasteiger partial charge in [-0.25, -0.2) is 0 Å². The zero-order valence-electron chi connectivity index (χ0n) is 24.8. The van der Waals surface area contributed by atoms with E-state index in [2.05, 4.69) is 50.6 Å². The first-order valence-electron chi connectivity index (χ1n) is 13.3. The van der Waals surface area contributed by atoms with E-state index in [1.54, 1.807) is 32.4 Å². The number of hydrogen-bond donors (Lipinski definition) is 3. The fourth-order valence-electron chi connectivity index (χ4n) is 3.29. The average molecular weight is 518 g/mol. The lowest BCUT2D eigenvalue weighted by Crippen LogP contribution is -2.01. The highest BCUT2D eigenvalue weighted by Crippen LogP contribution is 2.24. The van der Waals surface area contributed by atoms with E-state index in [0.29, 0.717) is 11.6 Å². The Kier molecular flexibility index (Phi) is 17.6. The van der Waals surface area contributed by atoms with Gasteiger partial charge in [-0.3, -0.25) is 4.98 Å². The molecule has 1 aromatic heterocycles. The number of methoxy groups -OCH3 is 1. The number of allylic oxidation sites excluding steroid dienone is 4. The van der Waals surface area contributed by atoms with Crippen molar-refractivity contribution in [2.45, 2.75) is 81.1 Å². The van der Waals surface area contributed by atoms with Gasteiger partial charge < -0.3 is 20.7 Å². The third kappa shape index (κ3) is 13.1. The minimum atomic E-state index is 0.256. The van der Waals surface area contributed by atoms with E-state index in [9.17, 15) is 0 Å². The summed E-state index contributed by atoms with van der Waals surface area (Å²) >= 11 is 0. The Hall–Kier alpha value is -3.65. The quantitative estimate of drug-likeness (QED) is 0.242. The summed E-state index contributed by atoms with van der Waals surface area (Å²) < 4.78 is 5.12. The van der Waals surface area contributed by atoms with Crippen LogP contribution in [0.15, 0.2) is 48.2 Å². The van der Waals surface area contributed by atoms with Crippen LogP contribution in [0.2, 0.25) is 0 Å². The van der Waals surface area contributed by atoms with Crippen LogP contribution >= 0.6 is 0 Å². The third-order valence-corrected chi connectivity index (χ3v) is 5.69. The molecule has 1 unspecified atom stereocenters. The minimum Gasteiger partial charge on any atom is -0.508 e. The number of benzene rings is 1. The minimum absolute atomic E-state index is 0.256. The summed E-state index contributed by atoms with van der Waals surface area (Å²) in [4.78, 5) is 4.30. The van der Waals surface area contributed by atoms with Gasteiger partial charge in [0, 0.05) is 41.7 Å². The molecule has 0 aliphatic carbocycles. The van der Waals surface area contributed by atoms with Crippen molar-refractivity contribution >= 4 is 17.5 Å². The molecule has 0 radical (unpaired) electrons. The molecular weight excluding hydrogens is 470 g/mol. The Labute approximate surface area is 231 Å². The molecule has 1 atom stereocenters. The molecule has 0 bridgehead atoms. The number of aromatic nitrogens is 1. The van der Waals surface area contributed by atoms with Gasteiger partial charge in [-0.05, 0) is 69.4 Å². The van der Waals surface area contributed by atoms with E-state index in [1.165, 1.54) is 12.6 Å². The number of phenolic OH excluding ortho intramolecular Hbond substituents is 1. The van der Waals surface area contributed by atoms with Crippen molar-refractivity contribution in [1.29, 1.82) is 10.8 Å². The van der Waals surface area contributed by atoms with Gasteiger partial charge in [-0.15, -0.1) is 0 Å². The lowest BCUT2D eigenvalue weighted by Gasteiger charge is -2.08. The molecule has 0 aliphatic rings. The van der Waals surface area contributed by atoms with Crippen LogP contribution < -0.4 is 4.74 Å².